The summed E-state index contributed by atoms with van der Waals surface area (Å²) in [6.45, 7) is -0.249. The van der Waals surface area contributed by atoms with Gasteiger partial charge in [-0.15, -0.1) is 0 Å². The second kappa shape index (κ2) is 10.2. The molecule has 0 atom stereocenters. The van der Waals surface area contributed by atoms with Crippen LogP contribution < -0.4 is 15.5 Å². The molecule has 0 aliphatic rings. The van der Waals surface area contributed by atoms with Crippen LogP contribution >= 0.6 is 15.9 Å². The molecule has 8 nitrogen and oxygen atoms in total. The number of amides is 2. The van der Waals surface area contributed by atoms with Crippen molar-refractivity contribution in [3.63, 3.8) is 0 Å². The van der Waals surface area contributed by atoms with Gasteiger partial charge in [-0.3, -0.25) is 9.59 Å². The third-order valence-corrected chi connectivity index (χ3v) is 4.20. The second-order valence-electron chi connectivity index (χ2n) is 5.92. The van der Waals surface area contributed by atoms with E-state index in [0.29, 0.717) is 16.9 Å². The molecule has 0 saturated heterocycles. The number of nitrogens with zero attached hydrogens (tertiary/aromatic N) is 1. The van der Waals surface area contributed by atoms with E-state index in [1.54, 1.807) is 48.5 Å². The van der Waals surface area contributed by atoms with E-state index < -0.39 is 17.8 Å². The minimum atomic E-state index is -0.495. The first kappa shape index (κ1) is 21.0. The van der Waals surface area contributed by atoms with Gasteiger partial charge in [-0.25, -0.2) is 10.2 Å². The van der Waals surface area contributed by atoms with E-state index in [9.17, 15) is 14.4 Å². The van der Waals surface area contributed by atoms with Crippen LogP contribution in [0.5, 0.6) is 5.75 Å². The fraction of sp³-hybridized carbons (Fsp3) is 0.0476. The van der Waals surface area contributed by atoms with Crippen molar-refractivity contribution in [3.8, 4) is 5.75 Å². The maximum absolute atomic E-state index is 12.1. The average Bonchev–Trinajstić information content (AvgIpc) is 3.28. The topological polar surface area (TPSA) is 110 Å². The predicted octanol–water partition coefficient (Wildman–Crippen LogP) is 3.14. The van der Waals surface area contributed by atoms with Crippen molar-refractivity contribution in [2.24, 2.45) is 5.10 Å². The minimum absolute atomic E-state index is 0.118. The quantitative estimate of drug-likeness (QED) is 0.239. The summed E-state index contributed by atoms with van der Waals surface area (Å²) in [4.78, 5) is 35.5. The summed E-state index contributed by atoms with van der Waals surface area (Å²) in [6.07, 6.45) is 2.79. The molecule has 3 rings (SSSR count). The first-order valence-corrected chi connectivity index (χ1v) is 9.52. The number of hydrazone groups is 1. The number of furan rings is 1. The van der Waals surface area contributed by atoms with Crippen LogP contribution in [0.15, 0.2) is 80.9 Å². The van der Waals surface area contributed by atoms with Crippen molar-refractivity contribution in [1.82, 2.24) is 10.7 Å². The van der Waals surface area contributed by atoms with E-state index >= 15 is 0 Å². The lowest BCUT2D eigenvalue weighted by Crippen LogP contribution is -2.34. The molecule has 0 aliphatic heterocycles. The van der Waals surface area contributed by atoms with Crippen molar-refractivity contribution >= 4 is 39.9 Å². The smallest absolute Gasteiger partial charge is 0.343 e. The Morgan fingerprint density at radius 1 is 1.07 bits per heavy atom. The fourth-order valence-electron chi connectivity index (χ4n) is 2.28. The highest BCUT2D eigenvalue weighted by Gasteiger charge is 2.10. The fourth-order valence-corrected chi connectivity index (χ4v) is 2.68. The summed E-state index contributed by atoms with van der Waals surface area (Å²) in [6, 6.07) is 16.5. The normalized spacial score (nSPS) is 10.6. The summed E-state index contributed by atoms with van der Waals surface area (Å²) >= 11 is 3.31. The van der Waals surface area contributed by atoms with Crippen LogP contribution in [-0.2, 0) is 4.79 Å². The van der Waals surface area contributed by atoms with E-state index in [0.717, 1.165) is 4.47 Å². The Labute approximate surface area is 180 Å². The maximum atomic E-state index is 12.1. The van der Waals surface area contributed by atoms with Crippen molar-refractivity contribution in [2.75, 3.05) is 6.54 Å². The molecule has 2 N–H and O–H groups in total. The van der Waals surface area contributed by atoms with E-state index in [-0.39, 0.29) is 12.3 Å². The zero-order chi connectivity index (χ0) is 21.3. The molecule has 1 heterocycles. The van der Waals surface area contributed by atoms with Gasteiger partial charge in [0.15, 0.2) is 5.76 Å². The highest BCUT2D eigenvalue weighted by Crippen LogP contribution is 2.16. The van der Waals surface area contributed by atoms with E-state index in [2.05, 4.69) is 31.8 Å². The Bertz CT molecular complexity index is 1060. The van der Waals surface area contributed by atoms with Gasteiger partial charge in [0.05, 0.1) is 24.6 Å². The summed E-state index contributed by atoms with van der Waals surface area (Å²) in [7, 11) is 0. The monoisotopic (exact) mass is 469 g/mol. The molecule has 0 unspecified atom stereocenters. The zero-order valence-corrected chi connectivity index (χ0v) is 17.1. The lowest BCUT2D eigenvalue weighted by atomic mass is 10.2. The Hall–Kier alpha value is -3.72. The number of esters is 1. The summed E-state index contributed by atoms with van der Waals surface area (Å²) < 4.78 is 11.0. The minimum Gasteiger partial charge on any atom is -0.459 e. The van der Waals surface area contributed by atoms with Crippen molar-refractivity contribution in [2.45, 2.75) is 0 Å². The van der Waals surface area contributed by atoms with Crippen molar-refractivity contribution in [3.05, 3.63) is 88.3 Å². The summed E-state index contributed by atoms with van der Waals surface area (Å²) in [5.74, 6) is -0.965. The van der Waals surface area contributed by atoms with Gasteiger partial charge >= 0.3 is 5.97 Å². The zero-order valence-electron chi connectivity index (χ0n) is 15.5. The van der Waals surface area contributed by atoms with Gasteiger partial charge in [-0.1, -0.05) is 22.0 Å². The van der Waals surface area contributed by atoms with Gasteiger partial charge in [0.25, 0.3) is 11.8 Å². The number of rotatable bonds is 7. The van der Waals surface area contributed by atoms with E-state index in [4.69, 9.17) is 9.15 Å². The number of halogens is 1. The molecule has 0 aliphatic carbocycles. The molecular formula is C21H16BrN3O5. The molecule has 2 aromatic carbocycles. The Balaban J connectivity index is 1.45. The van der Waals surface area contributed by atoms with Gasteiger partial charge in [0, 0.05) is 4.47 Å². The number of carbonyl (C=O) groups excluding carboxylic acids is 3. The SMILES string of the molecule is O=C(CNC(=O)c1ccco1)NN=Cc1ccc(OC(=O)c2cccc(Br)c2)cc1. The lowest BCUT2D eigenvalue weighted by molar-refractivity contribution is -0.120. The lowest BCUT2D eigenvalue weighted by Gasteiger charge is -2.05. The summed E-state index contributed by atoms with van der Waals surface area (Å²) in [5, 5.41) is 6.22. The number of nitrogens with one attached hydrogen (secondary N) is 2. The van der Waals surface area contributed by atoms with Gasteiger partial charge in [0.2, 0.25) is 0 Å². The predicted molar refractivity (Wildman–Crippen MR) is 112 cm³/mol. The molecule has 3 aromatic rings. The van der Waals surface area contributed by atoms with Gasteiger partial charge in [-0.05, 0) is 60.2 Å². The van der Waals surface area contributed by atoms with Crippen LogP contribution in [0.2, 0.25) is 0 Å². The molecule has 2 amide bonds. The Kier molecular flexibility index (Phi) is 7.12. The van der Waals surface area contributed by atoms with Gasteiger partial charge < -0.3 is 14.5 Å². The van der Waals surface area contributed by atoms with Crippen molar-refractivity contribution in [1.29, 1.82) is 0 Å². The molecule has 9 heteroatoms. The molecule has 0 saturated carbocycles. The van der Waals surface area contributed by atoms with E-state index in [1.807, 2.05) is 6.07 Å². The molecule has 1 aromatic heterocycles. The summed E-state index contributed by atoms with van der Waals surface area (Å²) in [5.41, 5.74) is 3.41. The van der Waals surface area contributed by atoms with Crippen LogP contribution in [0.1, 0.15) is 26.5 Å². The second-order valence-corrected chi connectivity index (χ2v) is 6.84. The van der Waals surface area contributed by atoms with E-state index in [1.165, 1.54) is 18.5 Å². The highest BCUT2D eigenvalue weighted by atomic mass is 79.9. The molecule has 0 radical (unpaired) electrons. The first-order chi connectivity index (χ1) is 14.5. The average molecular weight is 470 g/mol. The van der Waals surface area contributed by atoms with Gasteiger partial charge in [-0.2, -0.15) is 5.10 Å². The molecule has 0 bridgehead atoms. The van der Waals surface area contributed by atoms with Crippen LogP contribution in [0.4, 0.5) is 0 Å². The molecule has 30 heavy (non-hydrogen) atoms. The largest absolute Gasteiger partial charge is 0.459 e. The molecule has 0 fully saturated rings. The Morgan fingerprint density at radius 3 is 2.57 bits per heavy atom. The third kappa shape index (κ3) is 6.14. The van der Waals surface area contributed by atoms with Crippen LogP contribution in [0, 0.1) is 0 Å². The number of hydrogen-bond donors (Lipinski definition) is 2. The van der Waals surface area contributed by atoms with Gasteiger partial charge in [0.1, 0.15) is 5.75 Å². The van der Waals surface area contributed by atoms with Crippen LogP contribution in [0.25, 0.3) is 0 Å². The van der Waals surface area contributed by atoms with Crippen molar-refractivity contribution < 1.29 is 23.5 Å². The number of benzene rings is 2. The third-order valence-electron chi connectivity index (χ3n) is 3.71. The molecular weight excluding hydrogens is 454 g/mol. The molecule has 0 spiro atoms. The maximum Gasteiger partial charge on any atom is 0.343 e. The standard InChI is InChI=1S/C21H16BrN3O5/c22-16-4-1-3-15(11-16)21(28)30-17-8-6-14(7-9-17)12-24-25-19(26)13-23-20(27)18-5-2-10-29-18/h1-12H,13H2,(H,23,27)(H,25,26). The Morgan fingerprint density at radius 2 is 1.87 bits per heavy atom. The van der Waals surface area contributed by atoms with Crippen LogP contribution in [-0.4, -0.2) is 30.5 Å². The number of hydrogen-bond acceptors (Lipinski definition) is 6. The first-order valence-electron chi connectivity index (χ1n) is 8.73. The number of carbonyl (C=O) groups is 3. The molecule has 152 valence electrons. The number of ether oxygens (including phenoxy) is 1. The highest BCUT2D eigenvalue weighted by molar-refractivity contribution is 9.10. The van der Waals surface area contributed by atoms with Crippen LogP contribution in [0.3, 0.4) is 0 Å².